The van der Waals surface area contributed by atoms with E-state index >= 15 is 0 Å². The van der Waals surface area contributed by atoms with E-state index in [0.29, 0.717) is 19.3 Å². The van der Waals surface area contributed by atoms with E-state index in [9.17, 15) is 0 Å². The van der Waals surface area contributed by atoms with Crippen molar-refractivity contribution in [3.8, 4) is 11.5 Å². The van der Waals surface area contributed by atoms with E-state index in [1.165, 1.54) is 0 Å². The van der Waals surface area contributed by atoms with Crippen molar-refractivity contribution in [2.24, 2.45) is 0 Å². The molecule has 0 atom stereocenters. The van der Waals surface area contributed by atoms with Gasteiger partial charge in [-0.3, -0.25) is 0 Å². The molecule has 0 saturated heterocycles. The molecule has 0 unspecified atom stereocenters. The van der Waals surface area contributed by atoms with Crippen LogP contribution < -0.4 is 14.8 Å². The topological polar surface area (TPSA) is 30.5 Å². The molecule has 1 aromatic carbocycles. The van der Waals surface area contributed by atoms with E-state index in [2.05, 4.69) is 19.2 Å². The third kappa shape index (κ3) is 2.40. The lowest BCUT2D eigenvalue weighted by molar-refractivity contribution is 0.171. The summed E-state index contributed by atoms with van der Waals surface area (Å²) < 4.78 is 11.0. The number of benzene rings is 1. The van der Waals surface area contributed by atoms with Gasteiger partial charge in [-0.25, -0.2) is 0 Å². The van der Waals surface area contributed by atoms with Crippen LogP contribution in [0.25, 0.3) is 0 Å². The normalized spacial score (nSPS) is 13.9. The van der Waals surface area contributed by atoms with Gasteiger partial charge >= 0.3 is 0 Å². The number of anilines is 1. The van der Waals surface area contributed by atoms with Gasteiger partial charge in [0.1, 0.15) is 13.2 Å². The van der Waals surface area contributed by atoms with Gasteiger partial charge in [-0.2, -0.15) is 0 Å². The second-order valence-electron chi connectivity index (χ2n) is 4.02. The molecule has 1 aliphatic heterocycles. The number of ether oxygens (including phenoxy) is 2. The van der Waals surface area contributed by atoms with Gasteiger partial charge in [-0.05, 0) is 25.0 Å². The number of nitrogens with one attached hydrogen (secondary N) is 1. The van der Waals surface area contributed by atoms with Gasteiger partial charge in [-0.15, -0.1) is 0 Å². The summed E-state index contributed by atoms with van der Waals surface area (Å²) >= 11 is 0. The first-order valence-corrected chi connectivity index (χ1v) is 5.99. The summed E-state index contributed by atoms with van der Waals surface area (Å²) in [6, 6.07) is 6.57. The second kappa shape index (κ2) is 5.10. The lowest BCUT2D eigenvalue weighted by Crippen LogP contribution is -2.18. The molecule has 2 rings (SSSR count). The summed E-state index contributed by atoms with van der Waals surface area (Å²) in [5, 5.41) is 3.49. The van der Waals surface area contributed by atoms with E-state index in [1.54, 1.807) is 0 Å². The number of rotatable bonds is 4. The fraction of sp³-hybridized carbons (Fsp3) is 0.538. The van der Waals surface area contributed by atoms with Gasteiger partial charge in [0.25, 0.3) is 0 Å². The summed E-state index contributed by atoms with van der Waals surface area (Å²) in [5.41, 5.74) is 1.11. The first-order chi connectivity index (χ1) is 7.83. The van der Waals surface area contributed by atoms with Crippen molar-refractivity contribution in [2.45, 2.75) is 32.7 Å². The number of hydrogen-bond acceptors (Lipinski definition) is 3. The molecule has 0 saturated carbocycles. The Labute approximate surface area is 96.8 Å². The van der Waals surface area contributed by atoms with Crippen molar-refractivity contribution in [1.29, 1.82) is 0 Å². The van der Waals surface area contributed by atoms with Gasteiger partial charge in [0, 0.05) is 17.8 Å². The van der Waals surface area contributed by atoms with Gasteiger partial charge in [0.2, 0.25) is 0 Å². The van der Waals surface area contributed by atoms with E-state index in [-0.39, 0.29) is 0 Å². The van der Waals surface area contributed by atoms with Crippen LogP contribution >= 0.6 is 0 Å². The minimum Gasteiger partial charge on any atom is -0.486 e. The average Bonchev–Trinajstić information content (AvgIpc) is 2.35. The Bertz CT molecular complexity index is 348. The van der Waals surface area contributed by atoms with Crippen molar-refractivity contribution >= 4 is 5.69 Å². The Balaban J connectivity index is 2.10. The maximum absolute atomic E-state index is 5.55. The molecule has 0 radical (unpaired) electrons. The zero-order chi connectivity index (χ0) is 11.4. The van der Waals surface area contributed by atoms with E-state index in [0.717, 1.165) is 30.0 Å². The first kappa shape index (κ1) is 11.1. The highest BCUT2D eigenvalue weighted by Gasteiger charge is 2.12. The molecule has 1 N–H and O–H groups in total. The quantitative estimate of drug-likeness (QED) is 0.847. The molecule has 0 amide bonds. The Hall–Kier alpha value is -1.38. The predicted molar refractivity (Wildman–Crippen MR) is 65.4 cm³/mol. The van der Waals surface area contributed by atoms with E-state index in [4.69, 9.17) is 9.47 Å². The number of fused-ring (bicyclic) bond motifs is 1. The molecular weight excluding hydrogens is 202 g/mol. The third-order valence-electron chi connectivity index (χ3n) is 2.90. The smallest absolute Gasteiger partial charge is 0.163 e. The van der Waals surface area contributed by atoms with Crippen LogP contribution in [0.2, 0.25) is 0 Å². The van der Waals surface area contributed by atoms with Crippen LogP contribution in [0.1, 0.15) is 26.7 Å². The fourth-order valence-corrected chi connectivity index (χ4v) is 1.86. The monoisotopic (exact) mass is 221 g/mol. The summed E-state index contributed by atoms with van der Waals surface area (Å²) in [5.74, 6) is 1.70. The zero-order valence-electron chi connectivity index (χ0n) is 9.95. The Morgan fingerprint density at radius 1 is 1.12 bits per heavy atom. The lowest BCUT2D eigenvalue weighted by atomic mass is 10.1. The molecule has 0 fully saturated rings. The SMILES string of the molecule is CCC(CC)Nc1ccc2c(c1)OCCO2. The highest BCUT2D eigenvalue weighted by atomic mass is 16.6. The average molecular weight is 221 g/mol. The van der Waals surface area contributed by atoms with Crippen molar-refractivity contribution in [2.75, 3.05) is 18.5 Å². The van der Waals surface area contributed by atoms with Crippen molar-refractivity contribution in [1.82, 2.24) is 0 Å². The first-order valence-electron chi connectivity index (χ1n) is 5.99. The largest absolute Gasteiger partial charge is 0.486 e. The van der Waals surface area contributed by atoms with E-state index < -0.39 is 0 Å². The van der Waals surface area contributed by atoms with Crippen LogP contribution in [0.4, 0.5) is 5.69 Å². The minimum absolute atomic E-state index is 0.530. The molecule has 3 heteroatoms. The molecular formula is C13H19NO2. The fourth-order valence-electron chi connectivity index (χ4n) is 1.86. The molecule has 1 aromatic rings. The molecule has 1 aliphatic rings. The minimum atomic E-state index is 0.530. The third-order valence-corrected chi connectivity index (χ3v) is 2.90. The maximum Gasteiger partial charge on any atom is 0.163 e. The molecule has 16 heavy (non-hydrogen) atoms. The summed E-state index contributed by atoms with van der Waals surface area (Å²) in [7, 11) is 0. The summed E-state index contributed by atoms with van der Waals surface area (Å²) in [6.45, 7) is 5.67. The highest BCUT2D eigenvalue weighted by molar-refractivity contribution is 5.55. The van der Waals surface area contributed by atoms with Crippen LogP contribution in [-0.2, 0) is 0 Å². The Morgan fingerprint density at radius 3 is 2.50 bits per heavy atom. The summed E-state index contributed by atoms with van der Waals surface area (Å²) in [6.07, 6.45) is 2.26. The van der Waals surface area contributed by atoms with Crippen LogP contribution in [-0.4, -0.2) is 19.3 Å². The van der Waals surface area contributed by atoms with Crippen molar-refractivity contribution in [3.63, 3.8) is 0 Å². The number of hydrogen-bond donors (Lipinski definition) is 1. The Kier molecular flexibility index (Phi) is 3.54. The van der Waals surface area contributed by atoms with Gasteiger partial charge in [0.15, 0.2) is 11.5 Å². The zero-order valence-corrected chi connectivity index (χ0v) is 9.95. The van der Waals surface area contributed by atoms with Gasteiger partial charge in [0.05, 0.1) is 0 Å². The second-order valence-corrected chi connectivity index (χ2v) is 4.02. The molecule has 0 aromatic heterocycles. The summed E-state index contributed by atoms with van der Waals surface area (Å²) in [4.78, 5) is 0. The van der Waals surface area contributed by atoms with Gasteiger partial charge in [-0.1, -0.05) is 13.8 Å². The molecule has 1 heterocycles. The molecule has 88 valence electrons. The lowest BCUT2D eigenvalue weighted by Gasteiger charge is -2.21. The molecule has 0 bridgehead atoms. The van der Waals surface area contributed by atoms with Crippen LogP contribution in [0.15, 0.2) is 18.2 Å². The standard InChI is InChI=1S/C13H19NO2/c1-3-10(4-2)14-11-5-6-12-13(9-11)16-8-7-15-12/h5-6,9-10,14H,3-4,7-8H2,1-2H3. The van der Waals surface area contributed by atoms with E-state index in [1.807, 2.05) is 18.2 Å². The Morgan fingerprint density at radius 2 is 1.81 bits per heavy atom. The molecule has 3 nitrogen and oxygen atoms in total. The van der Waals surface area contributed by atoms with Crippen molar-refractivity contribution in [3.05, 3.63) is 18.2 Å². The maximum atomic E-state index is 5.55. The van der Waals surface area contributed by atoms with Crippen LogP contribution in [0, 0.1) is 0 Å². The molecule has 0 spiro atoms. The van der Waals surface area contributed by atoms with Crippen LogP contribution in [0.5, 0.6) is 11.5 Å². The highest BCUT2D eigenvalue weighted by Crippen LogP contribution is 2.32. The van der Waals surface area contributed by atoms with Crippen LogP contribution in [0.3, 0.4) is 0 Å². The predicted octanol–water partition coefficient (Wildman–Crippen LogP) is 3.06. The molecule has 0 aliphatic carbocycles. The van der Waals surface area contributed by atoms with Gasteiger partial charge < -0.3 is 14.8 Å². The van der Waals surface area contributed by atoms with Crippen molar-refractivity contribution < 1.29 is 9.47 Å².